The van der Waals surface area contributed by atoms with E-state index in [1.807, 2.05) is 6.20 Å². The highest BCUT2D eigenvalue weighted by molar-refractivity contribution is 5.75. The second-order valence-electron chi connectivity index (χ2n) is 5.39. The summed E-state index contributed by atoms with van der Waals surface area (Å²) in [5.74, 6) is 1.40. The first-order valence-corrected chi connectivity index (χ1v) is 6.74. The summed E-state index contributed by atoms with van der Waals surface area (Å²) in [6.45, 7) is 5.40. The summed E-state index contributed by atoms with van der Waals surface area (Å²) in [4.78, 5) is 0. The molecule has 0 bridgehead atoms. The van der Waals surface area contributed by atoms with Gasteiger partial charge in [-0.3, -0.25) is 0 Å². The molecular weight excluding hydrogens is 241 g/mol. The molecule has 0 radical (unpaired) electrons. The molecule has 0 saturated heterocycles. The van der Waals surface area contributed by atoms with Crippen LogP contribution in [0.5, 0.6) is 0 Å². The van der Waals surface area contributed by atoms with Crippen LogP contribution in [0.25, 0.3) is 11.1 Å². The Balaban J connectivity index is 2.03. The van der Waals surface area contributed by atoms with Gasteiger partial charge < -0.3 is 5.32 Å². The van der Waals surface area contributed by atoms with Crippen molar-refractivity contribution in [1.82, 2.24) is 9.78 Å². The molecule has 4 heteroatoms. The van der Waals surface area contributed by atoms with Crippen LogP contribution in [0.3, 0.4) is 0 Å². The second-order valence-corrected chi connectivity index (χ2v) is 5.39. The standard InChI is InChI=1S/C15H18FN3/c1-10(2)14-7-8-17-15-13(9-18-19(14)15)11-3-5-12(16)6-4-11/h3-6,9-10,14,17H,7-8H2,1-2H3. The lowest BCUT2D eigenvalue weighted by Crippen LogP contribution is -2.27. The Labute approximate surface area is 112 Å². The van der Waals surface area contributed by atoms with Gasteiger partial charge in [0.25, 0.3) is 0 Å². The fourth-order valence-corrected chi connectivity index (χ4v) is 2.71. The van der Waals surface area contributed by atoms with Crippen LogP contribution in [-0.4, -0.2) is 16.3 Å². The van der Waals surface area contributed by atoms with Crippen molar-refractivity contribution in [3.8, 4) is 11.1 Å². The fraction of sp³-hybridized carbons (Fsp3) is 0.400. The van der Waals surface area contributed by atoms with Crippen LogP contribution in [0, 0.1) is 11.7 Å². The minimum atomic E-state index is -0.210. The van der Waals surface area contributed by atoms with Crippen molar-refractivity contribution in [2.24, 2.45) is 5.92 Å². The SMILES string of the molecule is CC(C)C1CCNc2c(-c3ccc(F)cc3)cnn21. The van der Waals surface area contributed by atoms with E-state index in [-0.39, 0.29) is 5.82 Å². The van der Waals surface area contributed by atoms with E-state index in [2.05, 4.69) is 28.9 Å². The summed E-state index contributed by atoms with van der Waals surface area (Å²) >= 11 is 0. The Morgan fingerprint density at radius 2 is 2.05 bits per heavy atom. The van der Waals surface area contributed by atoms with Crippen molar-refractivity contribution in [3.63, 3.8) is 0 Å². The smallest absolute Gasteiger partial charge is 0.132 e. The van der Waals surface area contributed by atoms with E-state index in [4.69, 9.17) is 0 Å². The third-order valence-corrected chi connectivity index (χ3v) is 3.77. The number of hydrogen-bond donors (Lipinski definition) is 1. The summed E-state index contributed by atoms with van der Waals surface area (Å²) in [5, 5.41) is 7.93. The average molecular weight is 259 g/mol. The summed E-state index contributed by atoms with van der Waals surface area (Å²) in [6.07, 6.45) is 2.96. The van der Waals surface area contributed by atoms with E-state index in [1.165, 1.54) is 12.1 Å². The molecule has 0 amide bonds. The first-order chi connectivity index (χ1) is 9.16. The minimum Gasteiger partial charge on any atom is -0.370 e. The number of hydrogen-bond acceptors (Lipinski definition) is 2. The highest BCUT2D eigenvalue weighted by Gasteiger charge is 2.25. The van der Waals surface area contributed by atoms with E-state index >= 15 is 0 Å². The fourth-order valence-electron chi connectivity index (χ4n) is 2.71. The molecule has 1 aromatic heterocycles. The average Bonchev–Trinajstić information content (AvgIpc) is 2.83. The van der Waals surface area contributed by atoms with Crippen LogP contribution in [0.4, 0.5) is 10.2 Å². The maximum atomic E-state index is 13.0. The maximum absolute atomic E-state index is 13.0. The molecule has 19 heavy (non-hydrogen) atoms. The van der Waals surface area contributed by atoms with Crippen molar-refractivity contribution < 1.29 is 4.39 Å². The van der Waals surface area contributed by atoms with E-state index < -0.39 is 0 Å². The van der Waals surface area contributed by atoms with Gasteiger partial charge in [0.05, 0.1) is 12.2 Å². The zero-order valence-corrected chi connectivity index (χ0v) is 11.2. The van der Waals surface area contributed by atoms with Crippen LogP contribution >= 0.6 is 0 Å². The lowest BCUT2D eigenvalue weighted by Gasteiger charge is -2.29. The van der Waals surface area contributed by atoms with E-state index in [9.17, 15) is 4.39 Å². The molecule has 3 nitrogen and oxygen atoms in total. The molecule has 1 atom stereocenters. The van der Waals surface area contributed by atoms with Crippen molar-refractivity contribution in [1.29, 1.82) is 0 Å². The zero-order chi connectivity index (χ0) is 13.4. The number of halogens is 1. The molecule has 2 aromatic rings. The Morgan fingerprint density at radius 3 is 2.74 bits per heavy atom. The van der Waals surface area contributed by atoms with E-state index in [0.717, 1.165) is 29.9 Å². The van der Waals surface area contributed by atoms with Gasteiger partial charge in [-0.15, -0.1) is 0 Å². The van der Waals surface area contributed by atoms with Gasteiger partial charge in [0.1, 0.15) is 11.6 Å². The number of nitrogens with zero attached hydrogens (tertiary/aromatic N) is 2. The molecule has 100 valence electrons. The summed E-state index contributed by atoms with van der Waals surface area (Å²) in [7, 11) is 0. The van der Waals surface area contributed by atoms with Gasteiger partial charge in [-0.05, 0) is 30.0 Å². The third-order valence-electron chi connectivity index (χ3n) is 3.77. The van der Waals surface area contributed by atoms with Crippen molar-refractivity contribution in [2.45, 2.75) is 26.3 Å². The van der Waals surface area contributed by atoms with Crippen LogP contribution in [0.1, 0.15) is 26.3 Å². The second kappa shape index (κ2) is 4.68. The van der Waals surface area contributed by atoms with Gasteiger partial charge in [-0.1, -0.05) is 26.0 Å². The number of nitrogens with one attached hydrogen (secondary N) is 1. The summed E-state index contributed by atoms with van der Waals surface area (Å²) < 4.78 is 15.1. The normalized spacial score (nSPS) is 18.2. The third kappa shape index (κ3) is 2.11. The molecule has 1 aliphatic heterocycles. The molecule has 0 aliphatic carbocycles. The van der Waals surface area contributed by atoms with Gasteiger partial charge in [-0.25, -0.2) is 9.07 Å². The summed E-state index contributed by atoms with van der Waals surface area (Å²) in [6, 6.07) is 7.01. The molecular formula is C15H18FN3. The van der Waals surface area contributed by atoms with E-state index in [1.54, 1.807) is 12.1 Å². The molecule has 0 saturated carbocycles. The van der Waals surface area contributed by atoms with Gasteiger partial charge in [0, 0.05) is 12.1 Å². The Morgan fingerprint density at radius 1 is 1.32 bits per heavy atom. The van der Waals surface area contributed by atoms with Gasteiger partial charge in [0.15, 0.2) is 0 Å². The molecule has 3 rings (SSSR count). The Kier molecular flexibility index (Phi) is 3.01. The van der Waals surface area contributed by atoms with Crippen LogP contribution in [-0.2, 0) is 0 Å². The summed E-state index contributed by atoms with van der Waals surface area (Å²) in [5.41, 5.74) is 2.05. The first kappa shape index (κ1) is 12.2. The zero-order valence-electron chi connectivity index (χ0n) is 11.2. The van der Waals surface area contributed by atoms with Crippen molar-refractivity contribution >= 4 is 5.82 Å². The van der Waals surface area contributed by atoms with Gasteiger partial charge in [-0.2, -0.15) is 5.10 Å². The van der Waals surface area contributed by atoms with Crippen LogP contribution in [0.15, 0.2) is 30.5 Å². The molecule has 1 aliphatic rings. The number of anilines is 1. The highest BCUT2D eigenvalue weighted by Crippen LogP contribution is 2.35. The predicted molar refractivity (Wildman–Crippen MR) is 74.6 cm³/mol. The Hall–Kier alpha value is -1.84. The van der Waals surface area contributed by atoms with Crippen molar-refractivity contribution in [3.05, 3.63) is 36.3 Å². The highest BCUT2D eigenvalue weighted by atomic mass is 19.1. The lowest BCUT2D eigenvalue weighted by molar-refractivity contribution is 0.323. The van der Waals surface area contributed by atoms with Crippen LogP contribution in [0.2, 0.25) is 0 Å². The predicted octanol–water partition coefficient (Wildman–Crippen LogP) is 3.70. The minimum absolute atomic E-state index is 0.210. The monoisotopic (exact) mass is 259 g/mol. The molecule has 1 N–H and O–H groups in total. The molecule has 0 spiro atoms. The van der Waals surface area contributed by atoms with Gasteiger partial charge in [0.2, 0.25) is 0 Å². The van der Waals surface area contributed by atoms with Crippen molar-refractivity contribution in [2.75, 3.05) is 11.9 Å². The Bertz CT molecular complexity index is 572. The number of benzene rings is 1. The molecule has 1 aromatic carbocycles. The quantitative estimate of drug-likeness (QED) is 0.891. The topological polar surface area (TPSA) is 29.9 Å². The number of rotatable bonds is 2. The van der Waals surface area contributed by atoms with Crippen LogP contribution < -0.4 is 5.32 Å². The lowest BCUT2D eigenvalue weighted by atomic mass is 9.99. The number of aromatic nitrogens is 2. The molecule has 2 heterocycles. The largest absolute Gasteiger partial charge is 0.370 e. The molecule has 1 unspecified atom stereocenters. The van der Waals surface area contributed by atoms with Gasteiger partial charge >= 0.3 is 0 Å². The van der Waals surface area contributed by atoms with E-state index in [0.29, 0.717) is 12.0 Å². The first-order valence-electron chi connectivity index (χ1n) is 6.74. The number of fused-ring (bicyclic) bond motifs is 1. The maximum Gasteiger partial charge on any atom is 0.132 e. The molecule has 0 fully saturated rings.